The molecule has 3 N–H and O–H groups in total. The number of nitrogens with one attached hydrogen (secondary N) is 3. The van der Waals surface area contributed by atoms with Crippen molar-refractivity contribution in [1.82, 2.24) is 21.3 Å². The van der Waals surface area contributed by atoms with E-state index >= 15 is 0 Å². The first-order chi connectivity index (χ1) is 73.6. The molecular weight excluding hydrogens is 1850 g/mol. The predicted octanol–water partition coefficient (Wildman–Crippen LogP) is 36.4. The highest BCUT2D eigenvalue weighted by molar-refractivity contribution is 5.86. The number of aromatic nitrogens is 1. The molecule has 6 aromatic rings. The van der Waals surface area contributed by atoms with Gasteiger partial charge in [-0.25, -0.2) is 21.3 Å². The molecule has 0 spiro atoms. The Morgan fingerprint density at radius 1 is 0.248 bits per heavy atom. The van der Waals surface area contributed by atoms with Crippen molar-refractivity contribution in [3.63, 3.8) is 0 Å². The van der Waals surface area contributed by atoms with Crippen LogP contribution in [0.3, 0.4) is 0 Å². The summed E-state index contributed by atoms with van der Waals surface area (Å²) in [6, 6.07) is 35.4. The largest absolute Gasteiger partial charge is 0.490 e. The van der Waals surface area contributed by atoms with Gasteiger partial charge >= 0.3 is 0 Å². The molecule has 5 aromatic carbocycles. The van der Waals surface area contributed by atoms with E-state index in [1.54, 1.807) is 73.2 Å². The van der Waals surface area contributed by atoms with Gasteiger partial charge in [0.25, 0.3) is 17.7 Å². The zero-order valence-electron chi connectivity index (χ0n) is 94.5. The van der Waals surface area contributed by atoms with Crippen molar-refractivity contribution in [3.05, 3.63) is 131 Å². The van der Waals surface area contributed by atoms with Crippen molar-refractivity contribution < 1.29 is 57.0 Å². The summed E-state index contributed by atoms with van der Waals surface area (Å²) >= 11 is 0. The van der Waals surface area contributed by atoms with Gasteiger partial charge in [0, 0.05) is 11.1 Å². The molecule has 1 aromatic heterocycles. The van der Waals surface area contributed by atoms with Crippen LogP contribution < -0.4 is 58.9 Å². The third kappa shape index (κ3) is 65.4. The number of carbonyl (C=O) groups excluding carboxylic acids is 3. The Labute approximate surface area is 904 Å². The Hall–Kier alpha value is -9.64. The minimum absolute atomic E-state index is 0.0713. The minimum atomic E-state index is -0.589. The molecule has 6 rings (SSSR count). The van der Waals surface area contributed by atoms with Crippen LogP contribution >= 0.6 is 0 Å². The number of amides is 3. The van der Waals surface area contributed by atoms with E-state index in [2.05, 4.69) is 79.2 Å². The van der Waals surface area contributed by atoms with Crippen molar-refractivity contribution in [2.24, 2.45) is 15.3 Å². The van der Waals surface area contributed by atoms with Crippen LogP contribution in [0.25, 0.3) is 22.4 Å². The molecule has 0 aliphatic carbocycles. The molecule has 0 atom stereocenters. The third-order valence-corrected chi connectivity index (χ3v) is 28.1. The van der Waals surface area contributed by atoms with Crippen LogP contribution in [0.1, 0.15) is 526 Å². The number of ether oxygens (including phenoxy) is 9. The van der Waals surface area contributed by atoms with Crippen LogP contribution in [-0.4, -0.2) is 101 Å². The zero-order valence-corrected chi connectivity index (χ0v) is 94.5. The second-order valence-electron chi connectivity index (χ2n) is 41.7. The van der Waals surface area contributed by atoms with Gasteiger partial charge in [-0.15, -0.1) is 0 Å². The Morgan fingerprint density at radius 3 is 0.685 bits per heavy atom. The van der Waals surface area contributed by atoms with Crippen LogP contribution in [0.4, 0.5) is 0 Å². The van der Waals surface area contributed by atoms with Crippen molar-refractivity contribution in [3.8, 4) is 80.3 Å². The van der Waals surface area contributed by atoms with Crippen molar-refractivity contribution in [2.75, 3.05) is 59.5 Å². The van der Waals surface area contributed by atoms with Gasteiger partial charge in [0.2, 0.25) is 5.88 Å². The standard InChI is InChI=1S/C129H204N8O12/c1-7-13-19-25-31-37-43-49-55-61-67-73-93-141-120-90-79-110(99-123(120)144-96-76-70-64-58-52-46-40-34-28-22-16-10-4)104-131-135-126(138)107-147-115-86-82-113(83-87-115)117-102-119(134-129(118(117)103-130)149-109-128(140)137-133-106-112-81-92-122(143-95-75-69-63-57-51-45-39-33-27-21-15-9-3)125(101-112)146-98-78-72-66-60-54-48-42-36-30-24-18-12-6)114-84-88-116(89-85-114)148-108-127(139)136-132-105-111-80-91-121(142-94-74-68-62-56-50-44-38-32-26-20-14-8-2)124(100-111)145-97-77-71-65-59-53-47-41-35-29-23-17-11-5/h79-92,99-102,104-106H,7-78,93-98,107-109H2,1-6H3,(H,135,138)(H,136,139)(H,137,140)/b131-104+,132-105+,133-106+. The van der Waals surface area contributed by atoms with Gasteiger partial charge in [0.15, 0.2) is 54.3 Å². The maximum absolute atomic E-state index is 13.8. The van der Waals surface area contributed by atoms with Crippen molar-refractivity contribution >= 4 is 36.4 Å². The average Bonchev–Trinajstić information content (AvgIpc) is 0.785. The van der Waals surface area contributed by atoms with Gasteiger partial charge in [0.05, 0.1) is 64.0 Å². The highest BCUT2D eigenvalue weighted by Gasteiger charge is 2.21. The molecule has 20 heteroatoms. The molecule has 0 aliphatic heterocycles. The lowest BCUT2D eigenvalue weighted by atomic mass is 9.98. The molecule has 1 heterocycles. The number of carbonyl (C=O) groups is 3. The number of hydrogen-bond acceptors (Lipinski definition) is 17. The van der Waals surface area contributed by atoms with Gasteiger partial charge in [0.1, 0.15) is 23.1 Å². The topological polar surface area (TPSA) is 244 Å². The van der Waals surface area contributed by atoms with Gasteiger partial charge in [-0.05, 0) is 158 Å². The highest BCUT2D eigenvalue weighted by Crippen LogP contribution is 2.38. The van der Waals surface area contributed by atoms with Crippen molar-refractivity contribution in [1.29, 1.82) is 5.26 Å². The van der Waals surface area contributed by atoms with E-state index in [4.69, 9.17) is 47.6 Å². The molecule has 0 radical (unpaired) electrons. The van der Waals surface area contributed by atoms with E-state index in [-0.39, 0.29) is 24.7 Å². The maximum atomic E-state index is 13.8. The SMILES string of the molecule is CCCCCCCCCCCCCCOc1ccc(/C=N/NC(=O)COc2ccc(-c3cc(-c4ccc(OCC(=O)N/N=C/c5ccc(OCCCCCCCCCCCCCC)c(OCCCCCCCCCCCCCC)c5)cc4)c(C#N)c(OCC(=O)N/N=C/c4ccc(OCCCCCCCCCCCCCC)c(OCCCCCCCCCCCCCC)c4)n3)cc2)cc1OCCCCCCCCCCCCCC. The lowest BCUT2D eigenvalue weighted by Gasteiger charge is -2.14. The smallest absolute Gasteiger partial charge is 0.278 e. The number of rotatable bonds is 101. The Morgan fingerprint density at radius 2 is 0.456 bits per heavy atom. The minimum Gasteiger partial charge on any atom is -0.490 e. The quantitative estimate of drug-likeness (QED) is 0.0183. The Kier molecular flexibility index (Phi) is 78.2. The number of unbranched alkanes of at least 4 members (excludes halogenated alkanes) is 66. The van der Waals surface area contributed by atoms with Crippen LogP contribution in [0.2, 0.25) is 0 Å². The van der Waals surface area contributed by atoms with E-state index < -0.39 is 24.3 Å². The Balaban J connectivity index is 1.13. The van der Waals surface area contributed by atoms with E-state index in [1.165, 1.54) is 385 Å². The molecule has 0 unspecified atom stereocenters. The summed E-state index contributed by atoms with van der Waals surface area (Å²) in [6.07, 6.45) is 96.1. The molecule has 0 saturated heterocycles. The summed E-state index contributed by atoms with van der Waals surface area (Å²) in [6.45, 7) is 16.0. The highest BCUT2D eigenvalue weighted by atomic mass is 16.5. The first-order valence-corrected chi connectivity index (χ1v) is 60.8. The second-order valence-corrected chi connectivity index (χ2v) is 41.7. The monoisotopic (exact) mass is 2060 g/mol. The fourth-order valence-electron chi connectivity index (χ4n) is 18.9. The first kappa shape index (κ1) is 128. The molecule has 20 nitrogen and oxygen atoms in total. The fraction of sp³-hybridized carbons (Fsp3) is 0.674. The van der Waals surface area contributed by atoms with E-state index in [0.717, 1.165) is 88.2 Å². The van der Waals surface area contributed by atoms with Gasteiger partial charge in [-0.3, -0.25) is 14.4 Å². The molecule has 149 heavy (non-hydrogen) atoms. The number of nitriles is 1. The lowest BCUT2D eigenvalue weighted by molar-refractivity contribution is -0.123. The van der Waals surface area contributed by atoms with E-state index in [9.17, 15) is 19.6 Å². The van der Waals surface area contributed by atoms with E-state index in [0.29, 0.717) is 114 Å². The summed E-state index contributed by atoms with van der Waals surface area (Å²) in [5.74, 6) is 3.27. The molecule has 832 valence electrons. The van der Waals surface area contributed by atoms with Crippen LogP contribution in [-0.2, 0) is 14.4 Å². The summed E-state index contributed by atoms with van der Waals surface area (Å²) in [5.41, 5.74) is 12.2. The number of pyridine rings is 1. The maximum Gasteiger partial charge on any atom is 0.278 e. The summed E-state index contributed by atoms with van der Waals surface area (Å²) < 4.78 is 56.8. The molecule has 0 fully saturated rings. The molecule has 0 saturated carbocycles. The molecule has 0 bridgehead atoms. The zero-order chi connectivity index (χ0) is 106. The molecule has 3 amide bonds. The van der Waals surface area contributed by atoms with Gasteiger partial charge < -0.3 is 42.6 Å². The number of benzene rings is 5. The van der Waals surface area contributed by atoms with E-state index in [1.807, 2.05) is 54.6 Å². The molecule has 0 aliphatic rings. The van der Waals surface area contributed by atoms with Crippen LogP contribution in [0, 0.1) is 11.3 Å². The van der Waals surface area contributed by atoms with Crippen LogP contribution in [0.5, 0.6) is 51.9 Å². The van der Waals surface area contributed by atoms with Crippen molar-refractivity contribution in [2.45, 2.75) is 504 Å². The number of nitrogens with zero attached hydrogens (tertiary/aromatic N) is 5. The fourth-order valence-corrected chi connectivity index (χ4v) is 18.9. The average molecular weight is 2060 g/mol. The normalized spacial score (nSPS) is 11.4. The number of hydrogen-bond donors (Lipinski definition) is 3. The number of hydrazone groups is 3. The summed E-state index contributed by atoms with van der Waals surface area (Å²) in [7, 11) is 0. The summed E-state index contributed by atoms with van der Waals surface area (Å²) in [4.78, 5) is 45.5. The third-order valence-electron chi connectivity index (χ3n) is 28.1. The molecular formula is C129H204N8O12. The second kappa shape index (κ2) is 91.0. The first-order valence-electron chi connectivity index (χ1n) is 60.8. The Bertz CT molecular complexity index is 4440. The summed E-state index contributed by atoms with van der Waals surface area (Å²) in [5, 5.41) is 24.0. The lowest BCUT2D eigenvalue weighted by Crippen LogP contribution is -2.25. The van der Waals surface area contributed by atoms with Gasteiger partial charge in [-0.1, -0.05) is 477 Å². The van der Waals surface area contributed by atoms with Crippen LogP contribution in [0.15, 0.2) is 124 Å². The van der Waals surface area contributed by atoms with Gasteiger partial charge in [-0.2, -0.15) is 20.6 Å². The predicted molar refractivity (Wildman–Crippen MR) is 622 cm³/mol.